The van der Waals surface area contributed by atoms with E-state index in [9.17, 15) is 9.59 Å². The van der Waals surface area contributed by atoms with Gasteiger partial charge in [-0.3, -0.25) is 14.5 Å². The number of benzene rings is 1. The molecule has 1 aromatic rings. The molecule has 4 heteroatoms. The number of nitrogens with zero attached hydrogens (tertiary/aromatic N) is 1. The Kier molecular flexibility index (Phi) is 3.03. The fourth-order valence-electron chi connectivity index (χ4n) is 1.80. The Hall–Kier alpha value is -1.61. The quantitative estimate of drug-likeness (QED) is 0.610. The Morgan fingerprint density at radius 2 is 2.12 bits per heavy atom. The average Bonchev–Trinajstić information content (AvgIpc) is 2.56. The SMILES string of the molecule is C=C(CC)CN1C(=O)C(=O)c2cccc(Cl)c21. The molecule has 0 unspecified atom stereocenters. The van der Waals surface area contributed by atoms with E-state index < -0.39 is 11.7 Å². The van der Waals surface area contributed by atoms with Gasteiger partial charge in [0.05, 0.1) is 16.3 Å². The molecule has 0 atom stereocenters. The van der Waals surface area contributed by atoms with E-state index in [0.29, 0.717) is 22.8 Å². The molecule has 1 aliphatic rings. The second kappa shape index (κ2) is 4.34. The van der Waals surface area contributed by atoms with Gasteiger partial charge >= 0.3 is 0 Å². The van der Waals surface area contributed by atoms with Crippen LogP contribution < -0.4 is 4.90 Å². The molecule has 0 bridgehead atoms. The Labute approximate surface area is 105 Å². The number of carbonyl (C=O) groups excluding carboxylic acids is 2. The number of hydrogen-bond acceptors (Lipinski definition) is 2. The van der Waals surface area contributed by atoms with Crippen LogP contribution in [0.2, 0.25) is 5.02 Å². The Balaban J connectivity index is 2.47. The number of anilines is 1. The van der Waals surface area contributed by atoms with Gasteiger partial charge in [0, 0.05) is 6.54 Å². The van der Waals surface area contributed by atoms with Crippen LogP contribution in [-0.4, -0.2) is 18.2 Å². The molecule has 3 nitrogen and oxygen atoms in total. The molecule has 1 heterocycles. The third-order valence-corrected chi connectivity index (χ3v) is 3.13. The van der Waals surface area contributed by atoms with Gasteiger partial charge in [-0.25, -0.2) is 0 Å². The summed E-state index contributed by atoms with van der Waals surface area (Å²) < 4.78 is 0. The second-order valence-corrected chi connectivity index (χ2v) is 4.37. The van der Waals surface area contributed by atoms with Gasteiger partial charge in [-0.1, -0.05) is 36.7 Å². The Morgan fingerprint density at radius 3 is 2.76 bits per heavy atom. The third-order valence-electron chi connectivity index (χ3n) is 2.82. The first kappa shape index (κ1) is 11.9. The minimum Gasteiger partial charge on any atom is -0.299 e. The van der Waals surface area contributed by atoms with E-state index in [1.54, 1.807) is 18.2 Å². The highest BCUT2D eigenvalue weighted by Gasteiger charge is 2.37. The second-order valence-electron chi connectivity index (χ2n) is 3.96. The summed E-state index contributed by atoms with van der Waals surface area (Å²) in [6.45, 7) is 6.15. The minimum atomic E-state index is -0.525. The number of amides is 1. The van der Waals surface area contributed by atoms with Gasteiger partial charge in [-0.15, -0.1) is 0 Å². The summed E-state index contributed by atoms with van der Waals surface area (Å²) in [5, 5.41) is 0.422. The lowest BCUT2D eigenvalue weighted by molar-refractivity contribution is -0.114. The predicted molar refractivity (Wildman–Crippen MR) is 67.6 cm³/mol. The third kappa shape index (κ3) is 1.87. The van der Waals surface area contributed by atoms with Crippen LogP contribution in [0.25, 0.3) is 0 Å². The topological polar surface area (TPSA) is 37.4 Å². The molecule has 0 saturated heterocycles. The van der Waals surface area contributed by atoms with Crippen LogP contribution >= 0.6 is 11.6 Å². The number of halogens is 1. The lowest BCUT2D eigenvalue weighted by atomic mass is 10.1. The molecule has 2 rings (SSSR count). The van der Waals surface area contributed by atoms with E-state index in [2.05, 4.69) is 6.58 Å². The summed E-state index contributed by atoms with van der Waals surface area (Å²) in [4.78, 5) is 25.0. The van der Waals surface area contributed by atoms with Gasteiger partial charge in [0.2, 0.25) is 0 Å². The highest BCUT2D eigenvalue weighted by Crippen LogP contribution is 2.36. The molecule has 0 spiro atoms. The highest BCUT2D eigenvalue weighted by molar-refractivity contribution is 6.54. The molecular formula is C13H12ClNO2. The van der Waals surface area contributed by atoms with Crippen LogP contribution in [0.1, 0.15) is 23.7 Å². The summed E-state index contributed by atoms with van der Waals surface area (Å²) in [6, 6.07) is 4.97. The lowest BCUT2D eigenvalue weighted by Crippen LogP contribution is -2.31. The van der Waals surface area contributed by atoms with Crippen molar-refractivity contribution < 1.29 is 9.59 Å². The van der Waals surface area contributed by atoms with Crippen molar-refractivity contribution in [2.24, 2.45) is 0 Å². The lowest BCUT2D eigenvalue weighted by Gasteiger charge is -2.18. The molecule has 1 aromatic carbocycles. The van der Waals surface area contributed by atoms with Gasteiger partial charge in [0.25, 0.3) is 11.7 Å². The summed E-state index contributed by atoms with van der Waals surface area (Å²) in [6.07, 6.45) is 0.762. The molecule has 0 saturated carbocycles. The zero-order chi connectivity index (χ0) is 12.6. The predicted octanol–water partition coefficient (Wildman–Crippen LogP) is 2.84. The Bertz CT molecular complexity index is 522. The summed E-state index contributed by atoms with van der Waals surface area (Å²) in [5.41, 5.74) is 1.78. The van der Waals surface area contributed by atoms with Crippen molar-refractivity contribution in [1.29, 1.82) is 0 Å². The average molecular weight is 250 g/mol. The molecule has 1 aliphatic heterocycles. The number of para-hydroxylation sites is 1. The molecule has 1 amide bonds. The Morgan fingerprint density at radius 1 is 1.41 bits per heavy atom. The van der Waals surface area contributed by atoms with Crippen molar-refractivity contribution >= 4 is 29.0 Å². The van der Waals surface area contributed by atoms with Crippen molar-refractivity contribution in [2.75, 3.05) is 11.4 Å². The first-order valence-electron chi connectivity index (χ1n) is 5.37. The number of rotatable bonds is 3. The maximum atomic E-state index is 11.8. The normalized spacial score (nSPS) is 14.1. The molecule has 0 N–H and O–H groups in total. The number of ketones is 1. The highest BCUT2D eigenvalue weighted by atomic mass is 35.5. The summed E-state index contributed by atoms with van der Waals surface area (Å²) in [7, 11) is 0. The maximum absolute atomic E-state index is 11.8. The largest absolute Gasteiger partial charge is 0.299 e. The van der Waals surface area contributed by atoms with E-state index >= 15 is 0 Å². The van der Waals surface area contributed by atoms with Crippen molar-refractivity contribution in [1.82, 2.24) is 0 Å². The summed E-state index contributed by atoms with van der Waals surface area (Å²) in [5.74, 6) is -1.02. The minimum absolute atomic E-state index is 0.345. The number of hydrogen-bond donors (Lipinski definition) is 0. The van der Waals surface area contributed by atoms with Gasteiger partial charge in [-0.2, -0.15) is 0 Å². The zero-order valence-corrected chi connectivity index (χ0v) is 10.3. The first-order chi connectivity index (χ1) is 8.06. The van der Waals surface area contributed by atoms with Gasteiger partial charge in [0.1, 0.15) is 0 Å². The van der Waals surface area contributed by atoms with E-state index in [4.69, 9.17) is 11.6 Å². The molecule has 0 aromatic heterocycles. The van der Waals surface area contributed by atoms with E-state index in [-0.39, 0.29) is 0 Å². The van der Waals surface area contributed by atoms with Gasteiger partial charge < -0.3 is 0 Å². The van der Waals surface area contributed by atoms with Crippen LogP contribution in [0.4, 0.5) is 5.69 Å². The van der Waals surface area contributed by atoms with Crippen LogP contribution in [0.3, 0.4) is 0 Å². The fraction of sp³-hybridized carbons (Fsp3) is 0.231. The number of carbonyl (C=O) groups is 2. The van der Waals surface area contributed by atoms with Crippen LogP contribution in [0.15, 0.2) is 30.4 Å². The van der Waals surface area contributed by atoms with Crippen molar-refractivity contribution in [3.8, 4) is 0 Å². The van der Waals surface area contributed by atoms with Gasteiger partial charge in [0.15, 0.2) is 0 Å². The smallest absolute Gasteiger partial charge is 0.299 e. The van der Waals surface area contributed by atoms with Gasteiger partial charge in [-0.05, 0) is 18.6 Å². The van der Waals surface area contributed by atoms with Crippen molar-refractivity contribution in [3.05, 3.63) is 40.9 Å². The molecule has 0 aliphatic carbocycles. The standard InChI is InChI=1S/C13H12ClNO2/c1-3-8(2)7-15-11-9(12(16)13(15)17)5-4-6-10(11)14/h4-6H,2-3,7H2,1H3. The van der Waals surface area contributed by atoms with Crippen LogP contribution in [-0.2, 0) is 4.79 Å². The summed E-state index contributed by atoms with van der Waals surface area (Å²) >= 11 is 6.05. The molecule has 17 heavy (non-hydrogen) atoms. The number of fused-ring (bicyclic) bond motifs is 1. The van der Waals surface area contributed by atoms with Crippen LogP contribution in [0, 0.1) is 0 Å². The van der Waals surface area contributed by atoms with Crippen LogP contribution in [0.5, 0.6) is 0 Å². The monoisotopic (exact) mass is 249 g/mol. The van der Waals surface area contributed by atoms with E-state index in [1.165, 1.54) is 4.90 Å². The van der Waals surface area contributed by atoms with Crippen molar-refractivity contribution in [3.63, 3.8) is 0 Å². The first-order valence-corrected chi connectivity index (χ1v) is 5.75. The van der Waals surface area contributed by atoms with E-state index in [1.807, 2.05) is 6.92 Å². The van der Waals surface area contributed by atoms with Crippen molar-refractivity contribution in [2.45, 2.75) is 13.3 Å². The molecule has 0 fully saturated rings. The maximum Gasteiger partial charge on any atom is 0.299 e. The fourth-order valence-corrected chi connectivity index (χ4v) is 2.08. The van der Waals surface area contributed by atoms with E-state index in [0.717, 1.165) is 12.0 Å². The zero-order valence-electron chi connectivity index (χ0n) is 9.50. The molecular weight excluding hydrogens is 238 g/mol. The molecule has 0 radical (unpaired) electrons. The molecule has 88 valence electrons. The number of Topliss-reactive ketones (excluding diaryl/α,β-unsaturated/α-hetero) is 1.